The molecule has 17 heavy (non-hydrogen) atoms. The molecule has 0 aliphatic carbocycles. The maximum Gasteiger partial charge on any atom is 0.0705 e. The lowest BCUT2D eigenvalue weighted by molar-refractivity contribution is 0.191. The van der Waals surface area contributed by atoms with Gasteiger partial charge in [0, 0.05) is 29.1 Å². The highest BCUT2D eigenvalue weighted by Crippen LogP contribution is 2.23. The first-order chi connectivity index (χ1) is 8.16. The van der Waals surface area contributed by atoms with E-state index in [0.717, 1.165) is 27.5 Å². The van der Waals surface area contributed by atoms with Crippen LogP contribution in [0.5, 0.6) is 0 Å². The van der Waals surface area contributed by atoms with Crippen LogP contribution in [0.25, 0.3) is 10.9 Å². The summed E-state index contributed by atoms with van der Waals surface area (Å²) >= 11 is 3.55. The van der Waals surface area contributed by atoms with Crippen LogP contribution in [0.1, 0.15) is 12.5 Å². The van der Waals surface area contributed by atoms with Gasteiger partial charge in [-0.25, -0.2) is 0 Å². The van der Waals surface area contributed by atoms with Crippen LogP contribution in [0.2, 0.25) is 0 Å². The molecule has 2 aromatic rings. The van der Waals surface area contributed by atoms with E-state index in [4.69, 9.17) is 0 Å². The van der Waals surface area contributed by atoms with Gasteiger partial charge in [-0.3, -0.25) is 4.98 Å². The van der Waals surface area contributed by atoms with Crippen molar-refractivity contribution in [2.45, 2.75) is 19.6 Å². The summed E-state index contributed by atoms with van der Waals surface area (Å²) < 4.78 is 1.07. The van der Waals surface area contributed by atoms with Crippen molar-refractivity contribution >= 4 is 26.8 Å². The molecule has 0 spiro atoms. The van der Waals surface area contributed by atoms with Gasteiger partial charge in [-0.15, -0.1) is 0 Å². The zero-order valence-corrected chi connectivity index (χ0v) is 11.2. The third-order valence-corrected chi connectivity index (χ3v) is 3.26. The summed E-state index contributed by atoms with van der Waals surface area (Å²) in [4.78, 5) is 4.33. The topological polar surface area (TPSA) is 45.1 Å². The monoisotopic (exact) mass is 294 g/mol. The SMILES string of the molecule is CC(O)CNCc1cc2ncccc2cc1Br. The first-order valence-electron chi connectivity index (χ1n) is 5.59. The molecule has 0 saturated carbocycles. The smallest absolute Gasteiger partial charge is 0.0705 e. The summed E-state index contributed by atoms with van der Waals surface area (Å²) in [5.41, 5.74) is 2.14. The van der Waals surface area contributed by atoms with Crippen molar-refractivity contribution in [1.29, 1.82) is 0 Å². The highest BCUT2D eigenvalue weighted by atomic mass is 79.9. The molecule has 1 aromatic heterocycles. The van der Waals surface area contributed by atoms with E-state index in [1.165, 1.54) is 0 Å². The number of aliphatic hydroxyl groups is 1. The summed E-state index contributed by atoms with van der Waals surface area (Å²) in [6.45, 7) is 3.08. The Labute approximate surface area is 109 Å². The molecule has 2 N–H and O–H groups in total. The molecule has 3 nitrogen and oxygen atoms in total. The summed E-state index contributed by atoms with van der Waals surface area (Å²) in [5, 5.41) is 13.5. The Balaban J connectivity index is 2.19. The summed E-state index contributed by atoms with van der Waals surface area (Å²) in [6.07, 6.45) is 1.47. The Hall–Kier alpha value is -0.970. The number of hydrogen-bond donors (Lipinski definition) is 2. The first kappa shape index (κ1) is 12.5. The second-order valence-electron chi connectivity index (χ2n) is 4.12. The zero-order valence-electron chi connectivity index (χ0n) is 9.65. The van der Waals surface area contributed by atoms with Gasteiger partial charge in [-0.2, -0.15) is 0 Å². The quantitative estimate of drug-likeness (QED) is 0.911. The lowest BCUT2D eigenvalue weighted by Gasteiger charge is -2.09. The number of rotatable bonds is 4. The second kappa shape index (κ2) is 5.58. The minimum absolute atomic E-state index is 0.327. The molecule has 0 saturated heterocycles. The Morgan fingerprint density at radius 3 is 3.06 bits per heavy atom. The van der Waals surface area contributed by atoms with Gasteiger partial charge in [-0.1, -0.05) is 22.0 Å². The Morgan fingerprint density at radius 2 is 2.29 bits per heavy atom. The van der Waals surface area contributed by atoms with Crippen LogP contribution in [0.4, 0.5) is 0 Å². The first-order valence-corrected chi connectivity index (χ1v) is 6.38. The van der Waals surface area contributed by atoms with Crippen LogP contribution < -0.4 is 5.32 Å². The summed E-state index contributed by atoms with van der Waals surface area (Å²) in [6, 6.07) is 8.11. The number of halogens is 1. The molecule has 1 heterocycles. The molecule has 1 unspecified atom stereocenters. The number of aromatic nitrogens is 1. The largest absolute Gasteiger partial charge is 0.392 e. The fourth-order valence-corrected chi connectivity index (χ4v) is 2.19. The van der Waals surface area contributed by atoms with Gasteiger partial charge in [0.1, 0.15) is 0 Å². The molecular weight excluding hydrogens is 280 g/mol. The van der Waals surface area contributed by atoms with Crippen molar-refractivity contribution in [2.75, 3.05) is 6.54 Å². The number of benzene rings is 1. The Bertz CT molecular complexity index is 514. The van der Waals surface area contributed by atoms with E-state index >= 15 is 0 Å². The Morgan fingerprint density at radius 1 is 1.47 bits per heavy atom. The average Bonchev–Trinajstić information content (AvgIpc) is 2.29. The molecule has 0 amide bonds. The fourth-order valence-electron chi connectivity index (χ4n) is 1.69. The van der Waals surface area contributed by atoms with E-state index in [2.05, 4.69) is 38.4 Å². The summed E-state index contributed by atoms with van der Waals surface area (Å²) in [7, 11) is 0. The molecule has 0 radical (unpaired) electrons. The van der Waals surface area contributed by atoms with E-state index in [9.17, 15) is 5.11 Å². The second-order valence-corrected chi connectivity index (χ2v) is 4.97. The van der Waals surface area contributed by atoms with Gasteiger partial charge in [0.25, 0.3) is 0 Å². The predicted molar refractivity (Wildman–Crippen MR) is 72.8 cm³/mol. The highest BCUT2D eigenvalue weighted by molar-refractivity contribution is 9.10. The van der Waals surface area contributed by atoms with Gasteiger partial charge in [0.05, 0.1) is 11.6 Å². The van der Waals surface area contributed by atoms with Crippen LogP contribution in [-0.2, 0) is 6.54 Å². The molecule has 1 atom stereocenters. The van der Waals surface area contributed by atoms with E-state index < -0.39 is 0 Å². The summed E-state index contributed by atoms with van der Waals surface area (Å²) in [5.74, 6) is 0. The standard InChI is InChI=1S/C13H15BrN2O/c1-9(17)7-15-8-11-6-13-10(5-12(11)14)3-2-4-16-13/h2-6,9,15,17H,7-8H2,1H3. The number of nitrogens with zero attached hydrogens (tertiary/aromatic N) is 1. The van der Waals surface area contributed by atoms with Gasteiger partial charge >= 0.3 is 0 Å². The highest BCUT2D eigenvalue weighted by Gasteiger charge is 2.03. The van der Waals surface area contributed by atoms with Crippen molar-refractivity contribution in [1.82, 2.24) is 10.3 Å². The number of nitrogens with one attached hydrogen (secondary N) is 1. The number of aliphatic hydroxyl groups excluding tert-OH is 1. The third kappa shape index (κ3) is 3.25. The number of pyridine rings is 1. The van der Waals surface area contributed by atoms with Crippen LogP contribution in [0.15, 0.2) is 34.9 Å². The van der Waals surface area contributed by atoms with E-state index in [1.807, 2.05) is 12.1 Å². The van der Waals surface area contributed by atoms with Crippen LogP contribution >= 0.6 is 15.9 Å². The van der Waals surface area contributed by atoms with Gasteiger partial charge in [0.2, 0.25) is 0 Å². The molecular formula is C13H15BrN2O. The number of hydrogen-bond acceptors (Lipinski definition) is 3. The van der Waals surface area contributed by atoms with E-state index in [-0.39, 0.29) is 6.10 Å². The fraction of sp³-hybridized carbons (Fsp3) is 0.308. The molecule has 0 aliphatic heterocycles. The Kier molecular flexibility index (Phi) is 4.10. The zero-order chi connectivity index (χ0) is 12.3. The minimum atomic E-state index is -0.327. The molecule has 0 bridgehead atoms. The van der Waals surface area contributed by atoms with Crippen molar-refractivity contribution in [3.63, 3.8) is 0 Å². The van der Waals surface area contributed by atoms with Crippen LogP contribution in [0, 0.1) is 0 Å². The lowest BCUT2D eigenvalue weighted by Crippen LogP contribution is -2.24. The van der Waals surface area contributed by atoms with Crippen LogP contribution in [-0.4, -0.2) is 22.7 Å². The van der Waals surface area contributed by atoms with E-state index in [1.54, 1.807) is 13.1 Å². The van der Waals surface area contributed by atoms with Gasteiger partial charge in [0.15, 0.2) is 0 Å². The normalized spacial score (nSPS) is 12.9. The lowest BCUT2D eigenvalue weighted by atomic mass is 10.1. The van der Waals surface area contributed by atoms with Crippen LogP contribution in [0.3, 0.4) is 0 Å². The van der Waals surface area contributed by atoms with E-state index in [0.29, 0.717) is 6.54 Å². The molecule has 0 aliphatic rings. The molecule has 90 valence electrons. The number of fused-ring (bicyclic) bond motifs is 1. The molecule has 0 fully saturated rings. The van der Waals surface area contributed by atoms with Crippen molar-refractivity contribution in [3.05, 3.63) is 40.5 Å². The van der Waals surface area contributed by atoms with Crippen molar-refractivity contribution in [3.8, 4) is 0 Å². The van der Waals surface area contributed by atoms with Crippen molar-refractivity contribution < 1.29 is 5.11 Å². The average molecular weight is 295 g/mol. The maximum absolute atomic E-state index is 9.18. The third-order valence-electron chi connectivity index (χ3n) is 2.53. The van der Waals surface area contributed by atoms with Crippen molar-refractivity contribution in [2.24, 2.45) is 0 Å². The molecule has 1 aromatic carbocycles. The molecule has 2 rings (SSSR count). The minimum Gasteiger partial charge on any atom is -0.392 e. The molecule has 4 heteroatoms. The predicted octanol–water partition coefficient (Wildman–Crippen LogP) is 2.47. The van der Waals surface area contributed by atoms with Gasteiger partial charge in [-0.05, 0) is 30.7 Å². The maximum atomic E-state index is 9.18. The van der Waals surface area contributed by atoms with Gasteiger partial charge < -0.3 is 10.4 Å².